The van der Waals surface area contributed by atoms with E-state index >= 15 is 0 Å². The Morgan fingerprint density at radius 1 is 0.500 bits per heavy atom. The summed E-state index contributed by atoms with van der Waals surface area (Å²) < 4.78 is 48.3. The molecule has 6 nitrogen and oxygen atoms in total. The van der Waals surface area contributed by atoms with Crippen molar-refractivity contribution in [2.24, 2.45) is 0 Å². The quantitative estimate of drug-likeness (QED) is 0.208. The second-order valence-electron chi connectivity index (χ2n) is 5.68. The molecule has 0 spiro atoms. The van der Waals surface area contributed by atoms with Crippen LogP contribution >= 0.6 is 14.6 Å². The molecule has 8 heteroatoms. The summed E-state index contributed by atoms with van der Waals surface area (Å²) in [6.45, 7) is 8.89. The molecule has 0 fully saturated rings. The normalized spacial score (nSPS) is 12.7. The predicted octanol–water partition coefficient (Wildman–Crippen LogP) is 6.55. The Labute approximate surface area is 147 Å². The highest BCUT2D eigenvalue weighted by Crippen LogP contribution is 2.83. The van der Waals surface area contributed by atoms with E-state index in [4.69, 9.17) is 18.1 Å². The van der Waals surface area contributed by atoms with Crippen molar-refractivity contribution < 1.29 is 27.2 Å². The van der Waals surface area contributed by atoms with Gasteiger partial charge in [-0.3, -0.25) is 0 Å². The fourth-order valence-corrected chi connectivity index (χ4v) is 6.49. The standard InChI is InChI=1S/C16H36O6P2/c1-5-9-13-19-23(17,20-14-10-6-2)24(18,21-15-11-7-3)22-16-12-8-4/h5-16H2,1-4H3. The lowest BCUT2D eigenvalue weighted by Crippen LogP contribution is -2.06. The van der Waals surface area contributed by atoms with Crippen LogP contribution in [0.1, 0.15) is 79.1 Å². The molecule has 0 radical (unpaired) electrons. The van der Waals surface area contributed by atoms with Crippen molar-refractivity contribution in [1.29, 1.82) is 0 Å². The van der Waals surface area contributed by atoms with Gasteiger partial charge in [-0.05, 0) is 25.7 Å². The molecule has 0 aromatic carbocycles. The smallest absolute Gasteiger partial charge is 0.300 e. The fraction of sp³-hybridized carbons (Fsp3) is 1.00. The lowest BCUT2D eigenvalue weighted by molar-refractivity contribution is 0.173. The number of unbranched alkanes of at least 4 members (excludes halogenated alkanes) is 4. The largest absolute Gasteiger partial charge is 0.441 e. The summed E-state index contributed by atoms with van der Waals surface area (Å²) in [6.07, 6.45) is 6.38. The van der Waals surface area contributed by atoms with E-state index in [-0.39, 0.29) is 26.4 Å². The Morgan fingerprint density at radius 3 is 0.875 bits per heavy atom. The van der Waals surface area contributed by atoms with E-state index in [0.717, 1.165) is 25.7 Å². The van der Waals surface area contributed by atoms with Crippen molar-refractivity contribution in [3.8, 4) is 0 Å². The number of rotatable bonds is 17. The highest BCUT2D eigenvalue weighted by molar-refractivity contribution is 8.27. The summed E-state index contributed by atoms with van der Waals surface area (Å²) in [6, 6.07) is 0. The van der Waals surface area contributed by atoms with Crippen LogP contribution in [0.5, 0.6) is 0 Å². The summed E-state index contributed by atoms with van der Waals surface area (Å²) in [5, 5.41) is 0. The molecular weight excluding hydrogens is 350 g/mol. The van der Waals surface area contributed by atoms with Gasteiger partial charge in [0.15, 0.2) is 0 Å². The molecule has 0 rings (SSSR count). The third-order valence-corrected chi connectivity index (χ3v) is 9.13. The molecule has 24 heavy (non-hydrogen) atoms. The second-order valence-corrected chi connectivity index (χ2v) is 11.5. The van der Waals surface area contributed by atoms with Crippen LogP contribution in [-0.2, 0) is 27.2 Å². The highest BCUT2D eigenvalue weighted by Gasteiger charge is 2.51. The van der Waals surface area contributed by atoms with Crippen molar-refractivity contribution in [3.63, 3.8) is 0 Å². The third-order valence-electron chi connectivity index (χ3n) is 3.31. The predicted molar refractivity (Wildman–Crippen MR) is 98.7 cm³/mol. The van der Waals surface area contributed by atoms with Crippen LogP contribution in [0.4, 0.5) is 0 Å². The van der Waals surface area contributed by atoms with Crippen LogP contribution in [0.15, 0.2) is 0 Å². The Balaban J connectivity index is 5.16. The van der Waals surface area contributed by atoms with E-state index in [2.05, 4.69) is 0 Å². The molecule has 0 aliphatic rings. The van der Waals surface area contributed by atoms with E-state index in [1.165, 1.54) is 0 Å². The molecule has 0 aromatic rings. The van der Waals surface area contributed by atoms with Gasteiger partial charge < -0.3 is 18.1 Å². The molecule has 0 heterocycles. The Hall–Kier alpha value is 0.300. The van der Waals surface area contributed by atoms with Gasteiger partial charge in [0, 0.05) is 0 Å². The first-order valence-electron chi connectivity index (χ1n) is 9.28. The van der Waals surface area contributed by atoms with E-state index in [1.807, 2.05) is 27.7 Å². The molecule has 146 valence electrons. The van der Waals surface area contributed by atoms with Crippen molar-refractivity contribution in [2.75, 3.05) is 26.4 Å². The van der Waals surface area contributed by atoms with Crippen LogP contribution in [0.25, 0.3) is 0 Å². The molecule has 0 aliphatic heterocycles. The van der Waals surface area contributed by atoms with Crippen LogP contribution in [0, 0.1) is 0 Å². The molecule has 0 amide bonds. The second kappa shape index (κ2) is 14.5. The molecular formula is C16H36O6P2. The molecule has 0 unspecified atom stereocenters. The van der Waals surface area contributed by atoms with Gasteiger partial charge in [-0.2, -0.15) is 0 Å². The SMILES string of the molecule is CCCCOP(=O)(OCCCC)P(=O)(OCCCC)OCCCC. The summed E-state index contributed by atoms with van der Waals surface area (Å²) in [4.78, 5) is 0. The maximum absolute atomic E-state index is 13.2. The maximum atomic E-state index is 13.2. The minimum Gasteiger partial charge on any atom is -0.300 e. The fourth-order valence-electron chi connectivity index (χ4n) is 1.65. The van der Waals surface area contributed by atoms with Crippen LogP contribution in [-0.4, -0.2) is 26.4 Å². The summed E-state index contributed by atoms with van der Waals surface area (Å²) >= 11 is 0. The Morgan fingerprint density at radius 2 is 0.708 bits per heavy atom. The first kappa shape index (κ1) is 24.3. The minimum atomic E-state index is -3.97. The summed E-state index contributed by atoms with van der Waals surface area (Å²) in [5.74, 6) is 0. The lowest BCUT2D eigenvalue weighted by Gasteiger charge is -2.26. The van der Waals surface area contributed by atoms with Crippen LogP contribution in [0.3, 0.4) is 0 Å². The molecule has 0 saturated carbocycles. The first-order chi connectivity index (χ1) is 11.5. The zero-order valence-electron chi connectivity index (χ0n) is 15.8. The van der Waals surface area contributed by atoms with Gasteiger partial charge in [0.1, 0.15) is 0 Å². The van der Waals surface area contributed by atoms with Gasteiger partial charge in [0.2, 0.25) is 0 Å². The van der Waals surface area contributed by atoms with Gasteiger partial charge in [0.05, 0.1) is 26.4 Å². The monoisotopic (exact) mass is 386 g/mol. The Bertz CT molecular complexity index is 325. The zero-order valence-corrected chi connectivity index (χ0v) is 17.6. The van der Waals surface area contributed by atoms with E-state index in [9.17, 15) is 9.13 Å². The van der Waals surface area contributed by atoms with E-state index < -0.39 is 14.6 Å². The molecule has 0 bridgehead atoms. The zero-order chi connectivity index (χ0) is 18.3. The topological polar surface area (TPSA) is 71.1 Å². The third kappa shape index (κ3) is 9.12. The van der Waals surface area contributed by atoms with Gasteiger partial charge >= 0.3 is 14.6 Å². The van der Waals surface area contributed by atoms with Crippen LogP contribution in [0.2, 0.25) is 0 Å². The maximum Gasteiger partial charge on any atom is 0.441 e. The lowest BCUT2D eigenvalue weighted by atomic mass is 10.4. The number of hydrogen-bond donors (Lipinski definition) is 0. The molecule has 0 atom stereocenters. The average Bonchev–Trinajstić information content (AvgIpc) is 2.56. The van der Waals surface area contributed by atoms with Crippen molar-refractivity contribution in [3.05, 3.63) is 0 Å². The average molecular weight is 386 g/mol. The number of hydrogen-bond acceptors (Lipinski definition) is 6. The van der Waals surface area contributed by atoms with Crippen LogP contribution < -0.4 is 0 Å². The van der Waals surface area contributed by atoms with Crippen molar-refractivity contribution in [2.45, 2.75) is 79.1 Å². The molecule has 0 saturated heterocycles. The minimum absolute atomic E-state index is 0.220. The Kier molecular flexibility index (Phi) is 14.6. The summed E-state index contributed by atoms with van der Waals surface area (Å²) in [7, 11) is -7.94. The summed E-state index contributed by atoms with van der Waals surface area (Å²) in [5.41, 5.74) is 0. The van der Waals surface area contributed by atoms with Gasteiger partial charge in [-0.15, -0.1) is 0 Å². The van der Waals surface area contributed by atoms with Gasteiger partial charge in [0.25, 0.3) is 0 Å². The molecule has 0 N–H and O–H groups in total. The van der Waals surface area contributed by atoms with Gasteiger partial charge in [-0.25, -0.2) is 9.13 Å². The first-order valence-corrected chi connectivity index (χ1v) is 13.1. The van der Waals surface area contributed by atoms with Gasteiger partial charge in [-0.1, -0.05) is 53.4 Å². The highest BCUT2D eigenvalue weighted by atomic mass is 32.1. The van der Waals surface area contributed by atoms with Crippen molar-refractivity contribution in [1.82, 2.24) is 0 Å². The molecule has 0 aliphatic carbocycles. The molecule has 0 aromatic heterocycles. The van der Waals surface area contributed by atoms with E-state index in [1.54, 1.807) is 0 Å². The van der Waals surface area contributed by atoms with Crippen molar-refractivity contribution >= 4 is 14.6 Å². The van der Waals surface area contributed by atoms with E-state index in [0.29, 0.717) is 25.7 Å².